The third kappa shape index (κ3) is 18.3. The number of hydrogen-bond acceptors (Lipinski definition) is 6. The van der Waals surface area contributed by atoms with E-state index in [1.54, 1.807) is 13.8 Å². The molecular formula is C29H58N4O5. The average Bonchev–Trinajstić information content (AvgIpc) is 2.78. The fraction of sp³-hybridized carbons (Fsp3) is 0.862. The van der Waals surface area contributed by atoms with Gasteiger partial charge in [-0.15, -0.1) is 0 Å². The van der Waals surface area contributed by atoms with Gasteiger partial charge in [0, 0.05) is 17.9 Å². The quantitative estimate of drug-likeness (QED) is 0.221. The van der Waals surface area contributed by atoms with Crippen molar-refractivity contribution in [2.24, 2.45) is 28.9 Å². The highest BCUT2D eigenvalue weighted by atomic mass is 16.5. The molecule has 0 bridgehead atoms. The fourth-order valence-corrected chi connectivity index (χ4v) is 3.54. The minimum atomic E-state index is -0.778. The molecule has 1 atom stereocenters. The van der Waals surface area contributed by atoms with E-state index in [1.807, 2.05) is 41.5 Å². The van der Waals surface area contributed by atoms with Crippen LogP contribution in [0.25, 0.3) is 0 Å². The fourth-order valence-electron chi connectivity index (χ4n) is 3.54. The average molecular weight is 543 g/mol. The predicted molar refractivity (Wildman–Crippen MR) is 154 cm³/mol. The van der Waals surface area contributed by atoms with Crippen molar-refractivity contribution in [2.75, 3.05) is 26.2 Å². The Balaban J connectivity index is 0. The standard InChI is InChI=1S/C25H47N3O5.C4H11N/c1-16(2)13-25(9,10)33-12-11-24(7,8)23(32)28-21(18(5)6)22(31)27-15-20(30)26-14-19(29)17(3)4;1-2-3-4-5/h16-18,21H,11-15H2,1-10H3,(H,26,30)(H,27,31)(H,28,32);2-5H2,1H3. The Labute approximate surface area is 232 Å². The molecule has 0 saturated heterocycles. The monoisotopic (exact) mass is 542 g/mol. The molecule has 0 aromatic heterocycles. The summed E-state index contributed by atoms with van der Waals surface area (Å²) in [5.74, 6) is -1.04. The van der Waals surface area contributed by atoms with Crippen LogP contribution in [0.2, 0.25) is 0 Å². The van der Waals surface area contributed by atoms with Crippen molar-refractivity contribution in [3.63, 3.8) is 0 Å². The van der Waals surface area contributed by atoms with E-state index in [9.17, 15) is 19.2 Å². The van der Waals surface area contributed by atoms with E-state index in [1.165, 1.54) is 12.8 Å². The van der Waals surface area contributed by atoms with E-state index in [0.29, 0.717) is 18.9 Å². The Bertz CT molecular complexity index is 716. The highest BCUT2D eigenvalue weighted by Gasteiger charge is 2.33. The minimum absolute atomic E-state index is 0.0685. The molecule has 0 fully saturated rings. The molecule has 0 aliphatic rings. The van der Waals surface area contributed by atoms with Crippen molar-refractivity contribution in [3.05, 3.63) is 0 Å². The Kier molecular flexibility index (Phi) is 19.2. The van der Waals surface area contributed by atoms with E-state index in [2.05, 4.69) is 36.7 Å². The summed E-state index contributed by atoms with van der Waals surface area (Å²) in [7, 11) is 0. The lowest BCUT2D eigenvalue weighted by Crippen LogP contribution is -2.54. The van der Waals surface area contributed by atoms with Gasteiger partial charge in [0.25, 0.3) is 0 Å². The van der Waals surface area contributed by atoms with Crippen molar-refractivity contribution in [1.29, 1.82) is 0 Å². The number of ether oxygens (including phenoxy) is 1. The Morgan fingerprint density at radius 1 is 0.895 bits per heavy atom. The summed E-state index contributed by atoms with van der Waals surface area (Å²) >= 11 is 0. The van der Waals surface area contributed by atoms with E-state index in [0.717, 1.165) is 13.0 Å². The van der Waals surface area contributed by atoms with Crippen LogP contribution in [0.1, 0.15) is 102 Å². The molecule has 0 aromatic rings. The van der Waals surface area contributed by atoms with E-state index >= 15 is 0 Å². The van der Waals surface area contributed by atoms with Gasteiger partial charge in [-0.1, -0.05) is 68.7 Å². The van der Waals surface area contributed by atoms with Gasteiger partial charge in [-0.3, -0.25) is 19.2 Å². The number of nitrogens with two attached hydrogens (primary N) is 1. The molecule has 3 amide bonds. The molecule has 0 aromatic carbocycles. The summed E-state index contributed by atoms with van der Waals surface area (Å²) in [6.07, 6.45) is 3.82. The first-order valence-corrected chi connectivity index (χ1v) is 14.1. The maximum absolute atomic E-state index is 12.9. The number of amides is 3. The summed E-state index contributed by atoms with van der Waals surface area (Å²) in [4.78, 5) is 49.1. The van der Waals surface area contributed by atoms with Gasteiger partial charge in [0.15, 0.2) is 5.78 Å². The molecule has 0 radical (unpaired) electrons. The molecule has 9 nitrogen and oxygen atoms in total. The number of Topliss-reactive ketones (excluding diaryl/α,β-unsaturated/α-hetero) is 1. The summed E-state index contributed by atoms with van der Waals surface area (Å²) in [6.45, 7) is 22.3. The van der Waals surface area contributed by atoms with E-state index in [-0.39, 0.29) is 42.2 Å². The van der Waals surface area contributed by atoms with Gasteiger partial charge in [-0.05, 0) is 51.5 Å². The molecule has 0 aliphatic heterocycles. The maximum atomic E-state index is 12.9. The van der Waals surface area contributed by atoms with Crippen molar-refractivity contribution >= 4 is 23.5 Å². The van der Waals surface area contributed by atoms with Crippen molar-refractivity contribution in [1.82, 2.24) is 16.0 Å². The number of rotatable bonds is 17. The molecule has 5 N–H and O–H groups in total. The lowest BCUT2D eigenvalue weighted by molar-refractivity contribution is -0.136. The number of ketones is 1. The maximum Gasteiger partial charge on any atom is 0.243 e. The SMILES string of the molecule is CC(C)CC(C)(C)OCCC(C)(C)C(=O)NC(C(=O)NCC(=O)NCC(=O)C(C)C)C(C)C.CCCCN. The number of unbranched alkanes of at least 4 members (excludes halogenated alkanes) is 1. The summed E-state index contributed by atoms with van der Waals surface area (Å²) in [5.41, 5.74) is 4.15. The van der Waals surface area contributed by atoms with Gasteiger partial charge in [0.1, 0.15) is 6.04 Å². The third-order valence-electron chi connectivity index (χ3n) is 6.05. The second-order valence-corrected chi connectivity index (χ2v) is 12.3. The van der Waals surface area contributed by atoms with Crippen molar-refractivity contribution in [3.8, 4) is 0 Å². The zero-order valence-electron chi connectivity index (χ0n) is 26.1. The number of hydrogen-bond donors (Lipinski definition) is 4. The Morgan fingerprint density at radius 2 is 1.47 bits per heavy atom. The number of carbonyl (C=O) groups is 4. The lowest BCUT2D eigenvalue weighted by atomic mass is 9.87. The Morgan fingerprint density at radius 3 is 1.89 bits per heavy atom. The molecule has 0 rings (SSSR count). The van der Waals surface area contributed by atoms with Gasteiger partial charge in [0.05, 0.1) is 18.7 Å². The normalized spacial score (nSPS) is 12.6. The largest absolute Gasteiger partial charge is 0.376 e. The van der Waals surface area contributed by atoms with Crippen LogP contribution in [0.5, 0.6) is 0 Å². The predicted octanol–water partition coefficient (Wildman–Crippen LogP) is 3.59. The van der Waals surface area contributed by atoms with Gasteiger partial charge in [-0.25, -0.2) is 0 Å². The minimum Gasteiger partial charge on any atom is -0.376 e. The second-order valence-electron chi connectivity index (χ2n) is 12.3. The third-order valence-corrected chi connectivity index (χ3v) is 6.05. The molecule has 1 unspecified atom stereocenters. The molecule has 0 heterocycles. The van der Waals surface area contributed by atoms with Crippen molar-refractivity contribution < 1.29 is 23.9 Å². The topological polar surface area (TPSA) is 140 Å². The van der Waals surface area contributed by atoms with Crippen LogP contribution in [0.3, 0.4) is 0 Å². The first kappa shape index (κ1) is 38.1. The van der Waals surface area contributed by atoms with Crippen LogP contribution >= 0.6 is 0 Å². The first-order chi connectivity index (χ1) is 17.4. The molecule has 38 heavy (non-hydrogen) atoms. The molecule has 0 aliphatic carbocycles. The molecule has 0 spiro atoms. The van der Waals surface area contributed by atoms with Gasteiger partial charge in [-0.2, -0.15) is 0 Å². The number of carbonyl (C=O) groups excluding carboxylic acids is 4. The van der Waals surface area contributed by atoms with Gasteiger partial charge >= 0.3 is 0 Å². The van der Waals surface area contributed by atoms with Crippen molar-refractivity contribution in [2.45, 2.75) is 113 Å². The Hall–Kier alpha value is -2.00. The van der Waals surface area contributed by atoms with Gasteiger partial charge in [0.2, 0.25) is 17.7 Å². The molecule has 224 valence electrons. The zero-order chi connectivity index (χ0) is 30.1. The second kappa shape index (κ2) is 19.1. The highest BCUT2D eigenvalue weighted by Crippen LogP contribution is 2.25. The number of nitrogens with one attached hydrogen (secondary N) is 3. The van der Waals surface area contributed by atoms with Crippen LogP contribution in [0, 0.1) is 23.2 Å². The molecule has 0 saturated carbocycles. The van der Waals surface area contributed by atoms with Crippen LogP contribution in [0.15, 0.2) is 0 Å². The summed E-state index contributed by atoms with van der Waals surface area (Å²) in [5, 5.41) is 7.88. The van der Waals surface area contributed by atoms with E-state index in [4.69, 9.17) is 10.5 Å². The summed E-state index contributed by atoms with van der Waals surface area (Å²) < 4.78 is 6.02. The smallest absolute Gasteiger partial charge is 0.243 e. The highest BCUT2D eigenvalue weighted by molar-refractivity contribution is 5.93. The van der Waals surface area contributed by atoms with Crippen LogP contribution < -0.4 is 21.7 Å². The summed E-state index contributed by atoms with van der Waals surface area (Å²) in [6, 6.07) is -0.778. The lowest BCUT2D eigenvalue weighted by Gasteiger charge is -2.31. The van der Waals surface area contributed by atoms with Crippen LogP contribution in [-0.4, -0.2) is 61.4 Å². The van der Waals surface area contributed by atoms with Crippen LogP contribution in [-0.2, 0) is 23.9 Å². The molecular weight excluding hydrogens is 484 g/mol. The van der Waals surface area contributed by atoms with Crippen LogP contribution in [0.4, 0.5) is 0 Å². The molecule has 9 heteroatoms. The zero-order valence-corrected chi connectivity index (χ0v) is 26.1. The first-order valence-electron chi connectivity index (χ1n) is 14.1. The van der Waals surface area contributed by atoms with Gasteiger partial charge < -0.3 is 26.4 Å². The van der Waals surface area contributed by atoms with E-state index < -0.39 is 23.3 Å².